The van der Waals surface area contributed by atoms with Crippen molar-refractivity contribution in [3.05, 3.63) is 34.3 Å². The first kappa shape index (κ1) is 19.2. The van der Waals surface area contributed by atoms with Gasteiger partial charge in [0.05, 0.1) is 0 Å². The molecule has 0 bridgehead atoms. The number of aliphatic imine (C=N–C) groups is 1. The minimum atomic E-state index is 0.139. The van der Waals surface area contributed by atoms with E-state index in [1.807, 2.05) is 38.4 Å². The third kappa shape index (κ3) is 4.40. The fourth-order valence-electron chi connectivity index (χ4n) is 3.98. The van der Waals surface area contributed by atoms with Gasteiger partial charge >= 0.3 is 0 Å². The molecule has 1 N–H and O–H groups in total. The Kier molecular flexibility index (Phi) is 6.22. The van der Waals surface area contributed by atoms with Crippen LogP contribution < -0.4 is 5.32 Å². The Hall–Kier alpha value is -1.56. The Balaban J connectivity index is 1.43. The van der Waals surface area contributed by atoms with Crippen LogP contribution in [0.3, 0.4) is 0 Å². The monoisotopic (exact) mass is 420 g/mol. The van der Waals surface area contributed by atoms with E-state index in [9.17, 15) is 4.79 Å². The van der Waals surface area contributed by atoms with Gasteiger partial charge in [0.1, 0.15) is 0 Å². The number of guanidine groups is 1. The molecule has 0 atom stereocenters. The first-order chi connectivity index (χ1) is 12.5. The van der Waals surface area contributed by atoms with E-state index in [4.69, 9.17) is 0 Å². The number of nitrogens with zero attached hydrogens (tertiary/aromatic N) is 3. The van der Waals surface area contributed by atoms with E-state index < -0.39 is 0 Å². The number of likely N-dealkylation sites (tertiary alicyclic amines) is 1. The number of nitrogens with one attached hydrogen (secondary N) is 1. The van der Waals surface area contributed by atoms with Crippen LogP contribution in [-0.2, 0) is 11.3 Å². The molecule has 1 aromatic rings. The lowest BCUT2D eigenvalue weighted by molar-refractivity contribution is -0.130. The lowest BCUT2D eigenvalue weighted by Crippen LogP contribution is -2.43. The minimum absolute atomic E-state index is 0.139. The van der Waals surface area contributed by atoms with Crippen molar-refractivity contribution < 1.29 is 4.79 Å². The predicted octanol–water partition coefficient (Wildman–Crippen LogP) is 3.25. The SMILES string of the molecule is CN=C(NCCC(=O)N(C)Cc1ccccc1Br)N1CCC2(CCC2)C1. The molecule has 1 amide bonds. The molecule has 6 heteroatoms. The molecule has 26 heavy (non-hydrogen) atoms. The van der Waals surface area contributed by atoms with Gasteiger partial charge in [0.25, 0.3) is 0 Å². The molecule has 1 spiro atoms. The maximum Gasteiger partial charge on any atom is 0.224 e. The van der Waals surface area contributed by atoms with Crippen molar-refractivity contribution in [1.29, 1.82) is 0 Å². The van der Waals surface area contributed by atoms with Gasteiger partial charge in [-0.3, -0.25) is 9.79 Å². The maximum absolute atomic E-state index is 12.4. The summed E-state index contributed by atoms with van der Waals surface area (Å²) in [5.41, 5.74) is 1.67. The second-order valence-electron chi connectivity index (χ2n) is 7.59. The third-order valence-corrected chi connectivity index (χ3v) is 6.55. The largest absolute Gasteiger partial charge is 0.356 e. The zero-order valence-electron chi connectivity index (χ0n) is 15.8. The van der Waals surface area contributed by atoms with Crippen LogP contribution in [0.4, 0.5) is 0 Å². The van der Waals surface area contributed by atoms with Crippen LogP contribution in [-0.4, -0.2) is 55.4 Å². The highest BCUT2D eigenvalue weighted by Gasteiger charge is 2.43. The zero-order valence-corrected chi connectivity index (χ0v) is 17.4. The summed E-state index contributed by atoms with van der Waals surface area (Å²) in [6.07, 6.45) is 5.84. The van der Waals surface area contributed by atoms with Crippen LogP contribution in [0.15, 0.2) is 33.7 Å². The smallest absolute Gasteiger partial charge is 0.224 e. The Bertz CT molecular complexity index is 672. The standard InChI is InChI=1S/C20H29BrN4O/c1-22-19(25-13-11-20(15-25)9-5-10-20)23-12-8-18(26)24(2)14-16-6-3-4-7-17(16)21/h3-4,6-7H,5,8-15H2,1-2H3,(H,22,23). The summed E-state index contributed by atoms with van der Waals surface area (Å²) in [5, 5.41) is 3.38. The topological polar surface area (TPSA) is 47.9 Å². The van der Waals surface area contributed by atoms with Crippen LogP contribution in [0, 0.1) is 5.41 Å². The van der Waals surface area contributed by atoms with Gasteiger partial charge in [0.2, 0.25) is 5.91 Å². The van der Waals surface area contributed by atoms with Gasteiger partial charge in [-0.1, -0.05) is 40.5 Å². The molecule has 1 aliphatic carbocycles. The molecule has 2 fully saturated rings. The zero-order chi connectivity index (χ0) is 18.6. The molecule has 1 saturated heterocycles. The first-order valence-electron chi connectivity index (χ1n) is 9.46. The Labute approximate surface area is 165 Å². The first-order valence-corrected chi connectivity index (χ1v) is 10.3. The van der Waals surface area contributed by atoms with Gasteiger partial charge < -0.3 is 15.1 Å². The molecule has 3 rings (SSSR count). The third-order valence-electron chi connectivity index (χ3n) is 5.78. The van der Waals surface area contributed by atoms with Gasteiger partial charge in [0.15, 0.2) is 5.96 Å². The van der Waals surface area contributed by atoms with E-state index in [-0.39, 0.29) is 5.91 Å². The van der Waals surface area contributed by atoms with Gasteiger partial charge in [-0.05, 0) is 36.3 Å². The summed E-state index contributed by atoms with van der Waals surface area (Å²) in [6, 6.07) is 8.02. The number of halogens is 1. The number of carbonyl (C=O) groups is 1. The molecule has 5 nitrogen and oxygen atoms in total. The lowest BCUT2D eigenvalue weighted by atomic mass is 9.68. The Morgan fingerprint density at radius 2 is 2.12 bits per heavy atom. The Morgan fingerprint density at radius 3 is 2.73 bits per heavy atom. The molecular weight excluding hydrogens is 392 g/mol. The lowest BCUT2D eigenvalue weighted by Gasteiger charge is -2.38. The van der Waals surface area contributed by atoms with E-state index in [0.29, 0.717) is 24.9 Å². The van der Waals surface area contributed by atoms with Crippen molar-refractivity contribution in [3.63, 3.8) is 0 Å². The molecule has 1 heterocycles. The molecule has 0 unspecified atom stereocenters. The highest BCUT2D eigenvalue weighted by atomic mass is 79.9. The molecule has 1 aliphatic heterocycles. The second kappa shape index (κ2) is 8.42. The number of hydrogen-bond acceptors (Lipinski definition) is 2. The average molecular weight is 421 g/mol. The van der Waals surface area contributed by atoms with E-state index in [0.717, 1.165) is 29.1 Å². The number of amides is 1. The number of rotatable bonds is 5. The maximum atomic E-state index is 12.4. The summed E-state index contributed by atoms with van der Waals surface area (Å²) in [6.45, 7) is 3.43. The van der Waals surface area contributed by atoms with Gasteiger partial charge in [-0.2, -0.15) is 0 Å². The fraction of sp³-hybridized carbons (Fsp3) is 0.600. The molecule has 1 aromatic carbocycles. The Morgan fingerprint density at radius 1 is 1.35 bits per heavy atom. The van der Waals surface area contributed by atoms with E-state index in [1.165, 1.54) is 25.7 Å². The highest BCUT2D eigenvalue weighted by Crippen LogP contribution is 2.47. The number of carbonyl (C=O) groups excluding carboxylic acids is 1. The van der Waals surface area contributed by atoms with Gasteiger partial charge in [-0.25, -0.2) is 0 Å². The predicted molar refractivity (Wildman–Crippen MR) is 109 cm³/mol. The minimum Gasteiger partial charge on any atom is -0.356 e. The van der Waals surface area contributed by atoms with Gasteiger partial charge in [0, 0.05) is 51.2 Å². The summed E-state index contributed by atoms with van der Waals surface area (Å²) in [4.78, 5) is 21.0. The highest BCUT2D eigenvalue weighted by molar-refractivity contribution is 9.10. The fourth-order valence-corrected chi connectivity index (χ4v) is 4.39. The van der Waals surface area contributed by atoms with Crippen LogP contribution in [0.5, 0.6) is 0 Å². The van der Waals surface area contributed by atoms with Crippen LogP contribution in [0.2, 0.25) is 0 Å². The summed E-state index contributed by atoms with van der Waals surface area (Å²) < 4.78 is 1.04. The average Bonchev–Trinajstić information content (AvgIpc) is 3.06. The van der Waals surface area contributed by atoms with Crippen molar-refractivity contribution in [1.82, 2.24) is 15.1 Å². The van der Waals surface area contributed by atoms with Crippen molar-refractivity contribution in [3.8, 4) is 0 Å². The molecule has 0 aromatic heterocycles. The molecule has 0 radical (unpaired) electrons. The van der Waals surface area contributed by atoms with Crippen molar-refractivity contribution in [2.45, 2.75) is 38.6 Å². The summed E-state index contributed by atoms with van der Waals surface area (Å²) in [5.74, 6) is 1.08. The quantitative estimate of drug-likeness (QED) is 0.587. The van der Waals surface area contributed by atoms with E-state index >= 15 is 0 Å². The van der Waals surface area contributed by atoms with Gasteiger partial charge in [-0.15, -0.1) is 0 Å². The van der Waals surface area contributed by atoms with Crippen molar-refractivity contribution in [2.24, 2.45) is 10.4 Å². The van der Waals surface area contributed by atoms with E-state index in [1.54, 1.807) is 4.90 Å². The molecular formula is C20H29BrN4O. The normalized spacial score (nSPS) is 18.7. The van der Waals surface area contributed by atoms with Crippen LogP contribution in [0.25, 0.3) is 0 Å². The molecule has 1 saturated carbocycles. The summed E-state index contributed by atoms with van der Waals surface area (Å²) >= 11 is 3.54. The van der Waals surface area contributed by atoms with Crippen molar-refractivity contribution in [2.75, 3.05) is 33.7 Å². The number of benzene rings is 1. The van der Waals surface area contributed by atoms with Crippen molar-refractivity contribution >= 4 is 27.8 Å². The van der Waals surface area contributed by atoms with Crippen LogP contribution >= 0.6 is 15.9 Å². The number of hydrogen-bond donors (Lipinski definition) is 1. The molecule has 2 aliphatic rings. The molecule has 142 valence electrons. The second-order valence-corrected chi connectivity index (χ2v) is 8.44. The van der Waals surface area contributed by atoms with Crippen LogP contribution in [0.1, 0.15) is 37.7 Å². The summed E-state index contributed by atoms with van der Waals surface area (Å²) in [7, 11) is 3.69. The van der Waals surface area contributed by atoms with E-state index in [2.05, 4.69) is 31.1 Å².